The number of hydrogen-bond donors (Lipinski definition) is 2. The molecule has 1 aliphatic carbocycles. The monoisotopic (exact) mass is 412 g/mol. The highest BCUT2D eigenvalue weighted by Gasteiger charge is 2.40. The van der Waals surface area contributed by atoms with Crippen molar-refractivity contribution in [1.29, 1.82) is 0 Å². The lowest BCUT2D eigenvalue weighted by Crippen LogP contribution is -2.51. The van der Waals surface area contributed by atoms with Gasteiger partial charge in [-0.25, -0.2) is 0 Å². The molecule has 0 bridgehead atoms. The lowest BCUT2D eigenvalue weighted by atomic mass is 9.86. The standard InChI is InChI=1S/C23H32N4O3/c1-14-15(2)21-18(16(3)20(14)28)10-11-23(4,30-21)22(29)24-12-19-26-25-13-27(19)17-8-6-5-7-9-17/h13,17,28H,5-12H2,1-4H3,(H,24,29). The molecule has 7 nitrogen and oxygen atoms in total. The maximum absolute atomic E-state index is 13.1. The molecule has 2 aromatic rings. The fourth-order valence-corrected chi connectivity index (χ4v) is 4.81. The summed E-state index contributed by atoms with van der Waals surface area (Å²) in [6.07, 6.45) is 9.07. The van der Waals surface area contributed by atoms with Crippen LogP contribution in [0.3, 0.4) is 0 Å². The first-order valence-electron chi connectivity index (χ1n) is 11.0. The predicted molar refractivity (Wildman–Crippen MR) is 114 cm³/mol. The van der Waals surface area contributed by atoms with Gasteiger partial charge in [-0.05, 0) is 63.6 Å². The first-order valence-corrected chi connectivity index (χ1v) is 11.0. The summed E-state index contributed by atoms with van der Waals surface area (Å²) >= 11 is 0. The number of ether oxygens (including phenoxy) is 1. The van der Waals surface area contributed by atoms with Gasteiger partial charge < -0.3 is 19.7 Å². The number of phenolic OH excluding ortho intramolecular Hbond substituents is 1. The molecule has 2 heterocycles. The zero-order valence-electron chi connectivity index (χ0n) is 18.4. The van der Waals surface area contributed by atoms with Gasteiger partial charge in [0.1, 0.15) is 17.8 Å². The normalized spacial score (nSPS) is 21.7. The average molecular weight is 413 g/mol. The van der Waals surface area contributed by atoms with Gasteiger partial charge in [0, 0.05) is 18.0 Å². The second-order valence-corrected chi connectivity index (χ2v) is 8.99. The molecule has 1 unspecified atom stereocenters. The van der Waals surface area contributed by atoms with Crippen molar-refractivity contribution in [3.05, 3.63) is 34.4 Å². The maximum Gasteiger partial charge on any atom is 0.264 e. The Morgan fingerprint density at radius 1 is 1.23 bits per heavy atom. The van der Waals surface area contributed by atoms with Gasteiger partial charge in [0.25, 0.3) is 5.91 Å². The van der Waals surface area contributed by atoms with E-state index in [-0.39, 0.29) is 5.91 Å². The van der Waals surface area contributed by atoms with Crippen LogP contribution in [0.25, 0.3) is 0 Å². The van der Waals surface area contributed by atoms with Crippen LogP contribution in [0.1, 0.15) is 79.6 Å². The molecule has 1 fully saturated rings. The van der Waals surface area contributed by atoms with Crippen LogP contribution in [0.15, 0.2) is 6.33 Å². The second-order valence-electron chi connectivity index (χ2n) is 8.99. The molecule has 0 saturated heterocycles. The van der Waals surface area contributed by atoms with E-state index in [0.717, 1.165) is 46.7 Å². The summed E-state index contributed by atoms with van der Waals surface area (Å²) in [5.41, 5.74) is 2.58. The maximum atomic E-state index is 13.1. The first kappa shape index (κ1) is 20.7. The molecule has 0 spiro atoms. The highest BCUT2D eigenvalue weighted by molar-refractivity contribution is 5.85. The molecular formula is C23H32N4O3. The molecule has 1 saturated carbocycles. The lowest BCUT2D eigenvalue weighted by Gasteiger charge is -2.36. The van der Waals surface area contributed by atoms with Gasteiger partial charge in [0.2, 0.25) is 0 Å². The molecule has 1 aliphatic heterocycles. The largest absolute Gasteiger partial charge is 0.507 e. The molecule has 30 heavy (non-hydrogen) atoms. The quantitative estimate of drug-likeness (QED) is 0.797. The number of aromatic hydroxyl groups is 1. The number of carbonyl (C=O) groups is 1. The minimum atomic E-state index is -0.955. The van der Waals surface area contributed by atoms with Gasteiger partial charge in [0.05, 0.1) is 6.54 Å². The number of fused-ring (bicyclic) bond motifs is 1. The van der Waals surface area contributed by atoms with E-state index in [1.165, 1.54) is 19.3 Å². The Hall–Kier alpha value is -2.57. The second kappa shape index (κ2) is 7.93. The molecule has 1 amide bonds. The molecular weight excluding hydrogens is 380 g/mol. The SMILES string of the molecule is Cc1c(C)c2c(c(C)c1O)CCC(C)(C(=O)NCc1nncn1C1CCCCC1)O2. The molecule has 1 atom stereocenters. The highest BCUT2D eigenvalue weighted by atomic mass is 16.5. The van der Waals surface area contributed by atoms with Gasteiger partial charge in [-0.1, -0.05) is 19.3 Å². The Bertz CT molecular complexity index is 962. The van der Waals surface area contributed by atoms with Crippen LogP contribution >= 0.6 is 0 Å². The van der Waals surface area contributed by atoms with Crippen LogP contribution in [0.4, 0.5) is 0 Å². The van der Waals surface area contributed by atoms with Gasteiger partial charge >= 0.3 is 0 Å². The van der Waals surface area contributed by atoms with Crippen LogP contribution in [-0.2, 0) is 17.8 Å². The van der Waals surface area contributed by atoms with Gasteiger partial charge in [-0.3, -0.25) is 4.79 Å². The third kappa shape index (κ3) is 3.55. The summed E-state index contributed by atoms with van der Waals surface area (Å²) < 4.78 is 8.40. The summed E-state index contributed by atoms with van der Waals surface area (Å²) in [5, 5.41) is 21.7. The number of nitrogens with zero attached hydrogens (tertiary/aromatic N) is 3. The highest BCUT2D eigenvalue weighted by Crippen LogP contribution is 2.43. The number of hydrogen-bond acceptors (Lipinski definition) is 5. The third-order valence-corrected chi connectivity index (χ3v) is 7.02. The molecule has 2 N–H and O–H groups in total. The Labute approximate surface area is 177 Å². The van der Waals surface area contributed by atoms with Gasteiger partial charge in [-0.15, -0.1) is 10.2 Å². The van der Waals surface area contributed by atoms with Crippen molar-refractivity contribution < 1.29 is 14.6 Å². The minimum Gasteiger partial charge on any atom is -0.507 e. The van der Waals surface area contributed by atoms with E-state index in [2.05, 4.69) is 20.1 Å². The summed E-state index contributed by atoms with van der Waals surface area (Å²) in [7, 11) is 0. The number of nitrogens with one attached hydrogen (secondary N) is 1. The summed E-state index contributed by atoms with van der Waals surface area (Å²) in [6, 6.07) is 0.426. The number of rotatable bonds is 4. The van der Waals surface area contributed by atoms with E-state index in [4.69, 9.17) is 4.74 Å². The Kier molecular flexibility index (Phi) is 5.47. The van der Waals surface area contributed by atoms with Crippen LogP contribution < -0.4 is 10.1 Å². The first-order chi connectivity index (χ1) is 14.3. The topological polar surface area (TPSA) is 89.3 Å². The van der Waals surface area contributed by atoms with Crippen molar-refractivity contribution in [2.24, 2.45) is 0 Å². The summed E-state index contributed by atoms with van der Waals surface area (Å²) in [5.74, 6) is 1.71. The molecule has 7 heteroatoms. The zero-order chi connectivity index (χ0) is 21.5. The fraction of sp³-hybridized carbons (Fsp3) is 0.609. The summed E-state index contributed by atoms with van der Waals surface area (Å²) in [6.45, 7) is 7.90. The summed E-state index contributed by atoms with van der Waals surface area (Å²) in [4.78, 5) is 13.1. The van der Waals surface area contributed by atoms with E-state index >= 15 is 0 Å². The van der Waals surface area contributed by atoms with Gasteiger partial charge in [0.15, 0.2) is 11.4 Å². The van der Waals surface area contributed by atoms with Crippen LogP contribution in [0.5, 0.6) is 11.5 Å². The van der Waals surface area contributed by atoms with Crippen molar-refractivity contribution in [3.63, 3.8) is 0 Å². The van der Waals surface area contributed by atoms with Crippen molar-refractivity contribution in [1.82, 2.24) is 20.1 Å². The van der Waals surface area contributed by atoms with Crippen molar-refractivity contribution in [3.8, 4) is 11.5 Å². The lowest BCUT2D eigenvalue weighted by molar-refractivity contribution is -0.137. The van der Waals surface area contributed by atoms with E-state index in [1.807, 2.05) is 27.7 Å². The van der Waals surface area contributed by atoms with E-state index in [9.17, 15) is 9.90 Å². The predicted octanol–water partition coefficient (Wildman–Crippen LogP) is 3.81. The fourth-order valence-electron chi connectivity index (χ4n) is 4.81. The number of phenols is 1. The molecule has 4 rings (SSSR count). The Morgan fingerprint density at radius 2 is 1.97 bits per heavy atom. The number of carbonyl (C=O) groups excluding carboxylic acids is 1. The number of amides is 1. The van der Waals surface area contributed by atoms with Crippen LogP contribution in [0.2, 0.25) is 0 Å². The number of benzene rings is 1. The number of aromatic nitrogens is 3. The van der Waals surface area contributed by atoms with Crippen molar-refractivity contribution in [2.45, 2.75) is 90.8 Å². The van der Waals surface area contributed by atoms with E-state index in [0.29, 0.717) is 31.2 Å². The van der Waals surface area contributed by atoms with Crippen LogP contribution in [0, 0.1) is 20.8 Å². The zero-order valence-corrected chi connectivity index (χ0v) is 18.4. The average Bonchev–Trinajstić information content (AvgIpc) is 3.23. The van der Waals surface area contributed by atoms with Crippen molar-refractivity contribution >= 4 is 5.91 Å². The third-order valence-electron chi connectivity index (χ3n) is 7.02. The molecule has 1 aromatic carbocycles. The molecule has 0 radical (unpaired) electrons. The Balaban J connectivity index is 1.48. The van der Waals surface area contributed by atoms with Gasteiger partial charge in [-0.2, -0.15) is 0 Å². The smallest absolute Gasteiger partial charge is 0.264 e. The van der Waals surface area contributed by atoms with E-state index in [1.54, 1.807) is 6.33 Å². The van der Waals surface area contributed by atoms with Crippen LogP contribution in [-0.4, -0.2) is 31.4 Å². The molecule has 1 aromatic heterocycles. The molecule has 162 valence electrons. The Morgan fingerprint density at radius 3 is 2.70 bits per heavy atom. The van der Waals surface area contributed by atoms with E-state index < -0.39 is 5.60 Å². The van der Waals surface area contributed by atoms with Crippen molar-refractivity contribution in [2.75, 3.05) is 0 Å². The minimum absolute atomic E-state index is 0.144. The molecule has 2 aliphatic rings.